The highest BCUT2D eigenvalue weighted by atomic mass is 32.2. The normalized spacial score (nSPS) is 12.8. The van der Waals surface area contributed by atoms with Gasteiger partial charge in [0.2, 0.25) is 0 Å². The van der Waals surface area contributed by atoms with E-state index in [1.807, 2.05) is 18.7 Å². The molecule has 0 aliphatic heterocycles. The Kier molecular flexibility index (Phi) is 5.72. The van der Waals surface area contributed by atoms with Gasteiger partial charge in [0.1, 0.15) is 17.5 Å². The van der Waals surface area contributed by atoms with Crippen molar-refractivity contribution >= 4 is 23.4 Å². The first-order valence-electron chi connectivity index (χ1n) is 6.44. The van der Waals surface area contributed by atoms with Gasteiger partial charge in [-0.25, -0.2) is 9.97 Å². The molecule has 0 aliphatic rings. The molecule has 0 aliphatic carbocycles. The van der Waals surface area contributed by atoms with Gasteiger partial charge in [-0.2, -0.15) is 11.8 Å². The molecule has 0 bridgehead atoms. The molecule has 0 radical (unpaired) electrons. The Balaban J connectivity index is 2.86. The Hall–Kier alpha value is -0.970. The summed E-state index contributed by atoms with van der Waals surface area (Å²) in [6, 6.07) is 0.378. The second-order valence-corrected chi connectivity index (χ2v) is 6.12. The van der Waals surface area contributed by atoms with E-state index < -0.39 is 0 Å². The number of rotatable bonds is 6. The predicted molar refractivity (Wildman–Crippen MR) is 81.4 cm³/mol. The quantitative estimate of drug-likeness (QED) is 0.830. The van der Waals surface area contributed by atoms with Crippen LogP contribution in [0.1, 0.15) is 45.0 Å². The highest BCUT2D eigenvalue weighted by molar-refractivity contribution is 7.99. The molecule has 1 heterocycles. The topological polar surface area (TPSA) is 63.8 Å². The third-order valence-electron chi connectivity index (χ3n) is 2.67. The Morgan fingerprint density at radius 2 is 1.94 bits per heavy atom. The smallest absolute Gasteiger partial charge is 0.135 e. The number of nitrogen functional groups attached to an aromatic ring is 1. The molecule has 3 N–H and O–H groups in total. The van der Waals surface area contributed by atoms with Crippen molar-refractivity contribution < 1.29 is 0 Å². The third kappa shape index (κ3) is 4.05. The highest BCUT2D eigenvalue weighted by Gasteiger charge is 2.12. The van der Waals surface area contributed by atoms with Gasteiger partial charge < -0.3 is 11.1 Å². The van der Waals surface area contributed by atoms with E-state index in [0.29, 0.717) is 11.9 Å². The summed E-state index contributed by atoms with van der Waals surface area (Å²) >= 11 is 1.92. The summed E-state index contributed by atoms with van der Waals surface area (Å²) in [4.78, 5) is 8.89. The van der Waals surface area contributed by atoms with Crippen LogP contribution in [0.15, 0.2) is 0 Å². The number of anilines is 2. The Morgan fingerprint density at radius 3 is 2.50 bits per heavy atom. The second-order valence-electron chi connectivity index (χ2n) is 4.80. The molecule has 0 saturated carbocycles. The van der Waals surface area contributed by atoms with E-state index in [-0.39, 0.29) is 5.92 Å². The molecule has 5 heteroatoms. The minimum absolute atomic E-state index is 0.286. The summed E-state index contributed by atoms with van der Waals surface area (Å²) in [6.45, 7) is 10.4. The average Bonchev–Trinajstić information content (AvgIpc) is 2.31. The maximum atomic E-state index is 5.94. The molecule has 0 fully saturated rings. The van der Waals surface area contributed by atoms with Crippen molar-refractivity contribution in [2.24, 2.45) is 0 Å². The van der Waals surface area contributed by atoms with Crippen LogP contribution in [0.5, 0.6) is 0 Å². The molecule has 1 aromatic rings. The van der Waals surface area contributed by atoms with Gasteiger partial charge >= 0.3 is 0 Å². The third-order valence-corrected chi connectivity index (χ3v) is 3.82. The van der Waals surface area contributed by atoms with E-state index in [1.165, 1.54) is 0 Å². The van der Waals surface area contributed by atoms with Crippen LogP contribution in [0.25, 0.3) is 0 Å². The van der Waals surface area contributed by atoms with Crippen LogP contribution < -0.4 is 11.1 Å². The molecule has 4 nitrogen and oxygen atoms in total. The fourth-order valence-electron chi connectivity index (χ4n) is 1.52. The van der Waals surface area contributed by atoms with Crippen LogP contribution in [0, 0.1) is 6.92 Å². The van der Waals surface area contributed by atoms with Crippen LogP contribution in [0.2, 0.25) is 0 Å². The van der Waals surface area contributed by atoms with Crippen LogP contribution in [-0.4, -0.2) is 27.5 Å². The van der Waals surface area contributed by atoms with Crippen molar-refractivity contribution in [3.63, 3.8) is 0 Å². The maximum Gasteiger partial charge on any atom is 0.135 e. The summed E-state index contributed by atoms with van der Waals surface area (Å²) in [5.41, 5.74) is 6.88. The van der Waals surface area contributed by atoms with E-state index in [0.717, 1.165) is 28.7 Å². The molecule has 0 amide bonds. The number of nitrogens with one attached hydrogen (secondary N) is 1. The molecule has 0 spiro atoms. The zero-order chi connectivity index (χ0) is 13.7. The van der Waals surface area contributed by atoms with Gasteiger partial charge in [-0.05, 0) is 19.6 Å². The van der Waals surface area contributed by atoms with Gasteiger partial charge in [-0.1, -0.05) is 20.8 Å². The van der Waals surface area contributed by atoms with Crippen LogP contribution in [-0.2, 0) is 0 Å². The maximum absolute atomic E-state index is 5.94. The minimum atomic E-state index is 0.286. The summed E-state index contributed by atoms with van der Waals surface area (Å²) in [6.07, 6.45) is 0. The van der Waals surface area contributed by atoms with Gasteiger partial charge in [0.25, 0.3) is 0 Å². The van der Waals surface area contributed by atoms with Crippen molar-refractivity contribution in [1.82, 2.24) is 9.97 Å². The Labute approximate surface area is 114 Å². The summed E-state index contributed by atoms with van der Waals surface area (Å²) in [7, 11) is 0. The molecule has 18 heavy (non-hydrogen) atoms. The molecule has 1 rings (SSSR count). The SMILES string of the molecule is CCSCC(C)Nc1nc(C(C)C)nc(N)c1C. The molecule has 1 atom stereocenters. The van der Waals surface area contributed by atoms with Gasteiger partial charge in [0.15, 0.2) is 0 Å². The lowest BCUT2D eigenvalue weighted by Gasteiger charge is -2.18. The fraction of sp³-hybridized carbons (Fsp3) is 0.692. The molecular formula is C13H24N4S. The van der Waals surface area contributed by atoms with Crippen molar-refractivity contribution in [3.8, 4) is 0 Å². The number of hydrogen-bond acceptors (Lipinski definition) is 5. The number of nitrogens with zero attached hydrogens (tertiary/aromatic N) is 2. The average molecular weight is 268 g/mol. The van der Waals surface area contributed by atoms with Crippen LogP contribution in [0.3, 0.4) is 0 Å². The molecule has 1 unspecified atom stereocenters. The molecule has 1 aromatic heterocycles. The van der Waals surface area contributed by atoms with Gasteiger partial charge in [-0.15, -0.1) is 0 Å². The van der Waals surface area contributed by atoms with Gasteiger partial charge in [0, 0.05) is 23.3 Å². The number of hydrogen-bond donors (Lipinski definition) is 2. The summed E-state index contributed by atoms with van der Waals surface area (Å²) in [5.74, 6) is 4.73. The zero-order valence-corrected chi connectivity index (χ0v) is 12.8. The summed E-state index contributed by atoms with van der Waals surface area (Å²) < 4.78 is 0. The monoisotopic (exact) mass is 268 g/mol. The van der Waals surface area contributed by atoms with Crippen LogP contribution in [0.4, 0.5) is 11.6 Å². The van der Waals surface area contributed by atoms with E-state index >= 15 is 0 Å². The van der Waals surface area contributed by atoms with Gasteiger partial charge in [0.05, 0.1) is 0 Å². The lowest BCUT2D eigenvalue weighted by Crippen LogP contribution is -2.21. The van der Waals surface area contributed by atoms with Crippen molar-refractivity contribution in [2.45, 2.75) is 46.6 Å². The molecular weight excluding hydrogens is 244 g/mol. The van der Waals surface area contributed by atoms with E-state index in [4.69, 9.17) is 5.73 Å². The standard InChI is InChI=1S/C13H24N4S/c1-6-18-7-9(4)15-13-10(5)11(14)16-12(17-13)8(2)3/h8-9H,6-7H2,1-5H3,(H3,14,15,16,17). The molecule has 102 valence electrons. The van der Waals surface area contributed by atoms with Crippen molar-refractivity contribution in [1.29, 1.82) is 0 Å². The fourth-order valence-corrected chi connectivity index (χ4v) is 2.19. The van der Waals surface area contributed by atoms with Crippen molar-refractivity contribution in [3.05, 3.63) is 11.4 Å². The predicted octanol–water partition coefficient (Wildman–Crippen LogP) is 3.04. The largest absolute Gasteiger partial charge is 0.383 e. The van der Waals surface area contributed by atoms with E-state index in [2.05, 4.69) is 43.0 Å². The minimum Gasteiger partial charge on any atom is -0.383 e. The van der Waals surface area contributed by atoms with E-state index in [1.54, 1.807) is 0 Å². The Bertz CT molecular complexity index is 393. The molecule has 0 aromatic carbocycles. The number of thioether (sulfide) groups is 1. The highest BCUT2D eigenvalue weighted by Crippen LogP contribution is 2.21. The van der Waals surface area contributed by atoms with Gasteiger partial charge in [-0.3, -0.25) is 0 Å². The van der Waals surface area contributed by atoms with Crippen molar-refractivity contribution in [2.75, 3.05) is 22.6 Å². The second kappa shape index (κ2) is 6.83. The number of nitrogens with two attached hydrogens (primary N) is 1. The first-order valence-corrected chi connectivity index (χ1v) is 7.59. The Morgan fingerprint density at radius 1 is 1.28 bits per heavy atom. The van der Waals surface area contributed by atoms with Crippen LogP contribution >= 0.6 is 11.8 Å². The first kappa shape index (κ1) is 15.1. The summed E-state index contributed by atoms with van der Waals surface area (Å²) in [5, 5.41) is 3.43. The number of aromatic nitrogens is 2. The first-order chi connectivity index (χ1) is 8.45. The van der Waals surface area contributed by atoms with E-state index in [9.17, 15) is 0 Å². The lowest BCUT2D eigenvalue weighted by atomic mass is 10.2. The molecule has 0 saturated heterocycles. The zero-order valence-electron chi connectivity index (χ0n) is 11.9. The lowest BCUT2D eigenvalue weighted by molar-refractivity contribution is 0.770.